The van der Waals surface area contributed by atoms with Crippen molar-refractivity contribution in [2.75, 3.05) is 24.5 Å². The maximum atomic E-state index is 13.7. The van der Waals surface area contributed by atoms with Crippen LogP contribution in [0.25, 0.3) is 0 Å². The van der Waals surface area contributed by atoms with E-state index in [1.54, 1.807) is 30.3 Å². The molecule has 0 unspecified atom stereocenters. The third kappa shape index (κ3) is 8.22. The molecule has 0 aliphatic carbocycles. The summed E-state index contributed by atoms with van der Waals surface area (Å²) in [7, 11) is -3.93. The molecular weight excluding hydrogens is 566 g/mol. The van der Waals surface area contributed by atoms with Crippen LogP contribution >= 0.6 is 0 Å². The molecule has 3 atom stereocenters. The minimum absolute atomic E-state index is 0.00966. The lowest BCUT2D eigenvalue weighted by Crippen LogP contribution is -2.53. The van der Waals surface area contributed by atoms with Gasteiger partial charge in [-0.15, -0.1) is 0 Å². The van der Waals surface area contributed by atoms with Crippen molar-refractivity contribution < 1.29 is 27.9 Å². The Hall–Kier alpha value is -3.73. The number of carbonyl (C=O) groups is 2. The van der Waals surface area contributed by atoms with E-state index in [0.29, 0.717) is 5.69 Å². The van der Waals surface area contributed by atoms with Crippen molar-refractivity contribution in [3.63, 3.8) is 0 Å². The fourth-order valence-corrected chi connectivity index (χ4v) is 6.71. The lowest BCUT2D eigenvalue weighted by molar-refractivity contribution is -0.129. The molecule has 3 aromatic rings. The number of nitrogens with zero attached hydrogens (tertiary/aromatic N) is 2. The Morgan fingerprint density at radius 1 is 1.02 bits per heavy atom. The Labute approximate surface area is 254 Å². The van der Waals surface area contributed by atoms with E-state index in [0.717, 1.165) is 23.1 Å². The first-order chi connectivity index (χ1) is 20.5. The minimum Gasteiger partial charge on any atom is -0.434 e. The number of hydrogen-bond acceptors (Lipinski definition) is 6. The fraction of sp³-hybridized carbons (Fsp3) is 0.394. The molecule has 0 bridgehead atoms. The molecule has 0 spiro atoms. The molecule has 4 rings (SSSR count). The van der Waals surface area contributed by atoms with Gasteiger partial charge in [-0.25, -0.2) is 13.2 Å². The third-order valence-electron chi connectivity index (χ3n) is 7.44. The molecule has 0 saturated carbocycles. The van der Waals surface area contributed by atoms with E-state index in [1.165, 1.54) is 9.21 Å². The van der Waals surface area contributed by atoms with Crippen LogP contribution in [0.3, 0.4) is 0 Å². The number of aliphatic hydroxyl groups is 1. The zero-order chi connectivity index (χ0) is 31.1. The Balaban J connectivity index is 1.55. The van der Waals surface area contributed by atoms with Gasteiger partial charge in [0.15, 0.2) is 6.10 Å². The molecule has 2 amide bonds. The summed E-state index contributed by atoms with van der Waals surface area (Å²) in [6, 6.07) is 22.6. The predicted molar refractivity (Wildman–Crippen MR) is 166 cm³/mol. The number of aryl methyl sites for hydroxylation is 2. The second-order valence-corrected chi connectivity index (χ2v) is 13.3. The van der Waals surface area contributed by atoms with Gasteiger partial charge in [0.1, 0.15) is 0 Å². The van der Waals surface area contributed by atoms with E-state index < -0.39 is 40.3 Å². The molecule has 9 nitrogen and oxygen atoms in total. The summed E-state index contributed by atoms with van der Waals surface area (Å²) in [5, 5.41) is 14.4. The number of aliphatic hydroxyl groups excluding tert-OH is 1. The normalized spacial score (nSPS) is 16.8. The maximum absolute atomic E-state index is 13.7. The summed E-state index contributed by atoms with van der Waals surface area (Å²) in [6.45, 7) is 7.70. The van der Waals surface area contributed by atoms with Gasteiger partial charge in [0.25, 0.3) is 5.91 Å². The number of amides is 2. The SMILES string of the molecule is CCc1ccc(S(=O)(=O)N(CC(C)C)C[C@@H](O)[C@H](Cc2ccccc2)NC(=O)[C@@H]2CN(c3cccc(C)c3)C(=O)O2)cc1. The zero-order valence-corrected chi connectivity index (χ0v) is 26.0. The quantitative estimate of drug-likeness (QED) is 0.299. The number of hydrogen-bond donors (Lipinski definition) is 2. The number of carbonyl (C=O) groups excluding carboxylic acids is 2. The molecule has 3 aromatic carbocycles. The van der Waals surface area contributed by atoms with E-state index in [2.05, 4.69) is 5.32 Å². The summed E-state index contributed by atoms with van der Waals surface area (Å²) >= 11 is 0. The van der Waals surface area contributed by atoms with Gasteiger partial charge in [0, 0.05) is 18.8 Å². The van der Waals surface area contributed by atoms with Crippen LogP contribution in [0.4, 0.5) is 10.5 Å². The highest BCUT2D eigenvalue weighted by Gasteiger charge is 2.39. The van der Waals surface area contributed by atoms with E-state index >= 15 is 0 Å². The monoisotopic (exact) mass is 607 g/mol. The van der Waals surface area contributed by atoms with Gasteiger partial charge in [0.05, 0.1) is 23.6 Å². The van der Waals surface area contributed by atoms with Gasteiger partial charge in [-0.05, 0) is 66.6 Å². The molecule has 10 heteroatoms. The summed E-state index contributed by atoms with van der Waals surface area (Å²) < 4.78 is 34.1. The molecule has 0 radical (unpaired) electrons. The first-order valence-corrected chi connectivity index (χ1v) is 16.1. The molecule has 1 aliphatic rings. The number of anilines is 1. The molecule has 230 valence electrons. The number of ether oxygens (including phenoxy) is 1. The van der Waals surface area contributed by atoms with E-state index in [1.807, 2.05) is 76.2 Å². The molecule has 1 heterocycles. The fourth-order valence-electron chi connectivity index (χ4n) is 5.09. The number of benzene rings is 3. The number of rotatable bonds is 13. The van der Waals surface area contributed by atoms with Crippen molar-refractivity contribution in [3.05, 3.63) is 95.6 Å². The van der Waals surface area contributed by atoms with Crippen LogP contribution in [0.15, 0.2) is 83.8 Å². The Bertz CT molecular complexity index is 1490. The lowest BCUT2D eigenvalue weighted by atomic mass is 10.0. The minimum atomic E-state index is -3.93. The Morgan fingerprint density at radius 2 is 1.72 bits per heavy atom. The highest BCUT2D eigenvalue weighted by atomic mass is 32.2. The second-order valence-electron chi connectivity index (χ2n) is 11.4. The topological polar surface area (TPSA) is 116 Å². The van der Waals surface area contributed by atoms with Crippen LogP contribution in [-0.2, 0) is 32.4 Å². The Kier molecular flexibility index (Phi) is 10.6. The molecule has 2 N–H and O–H groups in total. The van der Waals surface area contributed by atoms with Crippen molar-refractivity contribution in [2.24, 2.45) is 5.92 Å². The molecule has 1 fully saturated rings. The summed E-state index contributed by atoms with van der Waals surface area (Å²) in [6.07, 6.45) is -1.94. The van der Waals surface area contributed by atoms with Crippen LogP contribution in [0, 0.1) is 12.8 Å². The van der Waals surface area contributed by atoms with Gasteiger partial charge < -0.3 is 15.2 Å². The van der Waals surface area contributed by atoms with Crippen LogP contribution in [0.1, 0.15) is 37.5 Å². The number of nitrogens with one attached hydrogen (secondary N) is 1. The largest absolute Gasteiger partial charge is 0.434 e. The molecule has 1 saturated heterocycles. The highest BCUT2D eigenvalue weighted by molar-refractivity contribution is 7.89. The molecule has 1 aliphatic heterocycles. The molecule has 0 aromatic heterocycles. The third-order valence-corrected chi connectivity index (χ3v) is 9.28. The smallest absolute Gasteiger partial charge is 0.415 e. The first-order valence-electron chi connectivity index (χ1n) is 14.6. The van der Waals surface area contributed by atoms with E-state index in [9.17, 15) is 23.1 Å². The first kappa shape index (κ1) is 32.2. The number of cyclic esters (lactones) is 1. The van der Waals surface area contributed by atoms with E-state index in [4.69, 9.17) is 4.74 Å². The Morgan fingerprint density at radius 3 is 2.35 bits per heavy atom. The van der Waals surface area contributed by atoms with Gasteiger partial charge in [-0.2, -0.15) is 4.31 Å². The van der Waals surface area contributed by atoms with Crippen molar-refractivity contribution in [3.8, 4) is 0 Å². The molecule has 43 heavy (non-hydrogen) atoms. The highest BCUT2D eigenvalue weighted by Crippen LogP contribution is 2.24. The number of sulfonamides is 1. The van der Waals surface area contributed by atoms with Crippen LogP contribution < -0.4 is 10.2 Å². The maximum Gasteiger partial charge on any atom is 0.415 e. The van der Waals surface area contributed by atoms with Crippen molar-refractivity contribution in [1.29, 1.82) is 0 Å². The summed E-state index contributed by atoms with van der Waals surface area (Å²) in [4.78, 5) is 27.6. The van der Waals surface area contributed by atoms with Crippen molar-refractivity contribution in [1.82, 2.24) is 9.62 Å². The standard InChI is InChI=1S/C33H41N3O6S/c1-5-25-14-16-28(17-15-25)43(40,41)35(20-23(2)3)21-30(37)29(19-26-11-7-6-8-12-26)34-32(38)31-22-36(33(39)42-31)27-13-9-10-24(4)18-27/h6-18,23,29-31,37H,5,19-22H2,1-4H3,(H,34,38)/t29-,30+,31-/m0/s1. The zero-order valence-electron chi connectivity index (χ0n) is 25.1. The van der Waals surface area contributed by atoms with Crippen LogP contribution in [0.2, 0.25) is 0 Å². The van der Waals surface area contributed by atoms with Crippen LogP contribution in [0.5, 0.6) is 0 Å². The van der Waals surface area contributed by atoms with Gasteiger partial charge in [-0.3, -0.25) is 9.69 Å². The molecular formula is C33H41N3O6S. The lowest BCUT2D eigenvalue weighted by Gasteiger charge is -2.31. The summed E-state index contributed by atoms with van der Waals surface area (Å²) in [5.74, 6) is -0.568. The average molecular weight is 608 g/mol. The van der Waals surface area contributed by atoms with Gasteiger partial charge in [0.2, 0.25) is 10.0 Å². The van der Waals surface area contributed by atoms with Crippen LogP contribution in [-0.4, -0.2) is 67.7 Å². The predicted octanol–water partition coefficient (Wildman–Crippen LogP) is 4.32. The van der Waals surface area contributed by atoms with Crippen molar-refractivity contribution >= 4 is 27.7 Å². The average Bonchev–Trinajstić information content (AvgIpc) is 3.38. The van der Waals surface area contributed by atoms with Gasteiger partial charge in [-0.1, -0.05) is 75.4 Å². The van der Waals surface area contributed by atoms with Gasteiger partial charge >= 0.3 is 6.09 Å². The van der Waals surface area contributed by atoms with Crippen molar-refractivity contribution in [2.45, 2.75) is 63.7 Å². The van der Waals surface area contributed by atoms with E-state index in [-0.39, 0.29) is 36.9 Å². The summed E-state index contributed by atoms with van der Waals surface area (Å²) in [5.41, 5.74) is 3.47. The second kappa shape index (κ2) is 14.2.